The molecule has 0 aromatic heterocycles. The van der Waals surface area contributed by atoms with Crippen molar-refractivity contribution in [3.8, 4) is 0 Å². The van der Waals surface area contributed by atoms with Crippen molar-refractivity contribution in [1.82, 2.24) is 0 Å². The molecule has 1 saturated carbocycles. The zero-order chi connectivity index (χ0) is 19.1. The summed E-state index contributed by atoms with van der Waals surface area (Å²) in [6.45, 7) is 7.27. The largest absolute Gasteiger partial charge is 2.00 e. The third-order valence-corrected chi connectivity index (χ3v) is 13.0. The van der Waals surface area contributed by atoms with Gasteiger partial charge in [0.15, 0.2) is 0 Å². The third-order valence-electron chi connectivity index (χ3n) is 4.09. The number of halogens is 4. The molecular formula is C17H32BF4FeP3+. The minimum absolute atomic E-state index is 0. The summed E-state index contributed by atoms with van der Waals surface area (Å²) in [6, 6.07) is 0. The van der Waals surface area contributed by atoms with Crippen molar-refractivity contribution in [2.45, 2.75) is 20.8 Å². The van der Waals surface area contributed by atoms with E-state index in [4.69, 9.17) is 0 Å². The Morgan fingerprint density at radius 1 is 0.577 bits per heavy atom. The fourth-order valence-electron chi connectivity index (χ4n) is 2.45. The molecule has 1 aliphatic heterocycles. The van der Waals surface area contributed by atoms with E-state index in [1.165, 1.54) is 18.5 Å². The van der Waals surface area contributed by atoms with E-state index < -0.39 is 7.25 Å². The van der Waals surface area contributed by atoms with Crippen molar-refractivity contribution in [2.75, 3.05) is 55.5 Å². The van der Waals surface area contributed by atoms with Crippen LogP contribution in [0.1, 0.15) is 20.8 Å². The predicted octanol–water partition coefficient (Wildman–Crippen LogP) is 6.82. The van der Waals surface area contributed by atoms with Gasteiger partial charge in [0.25, 0.3) is 0 Å². The molecule has 1 aliphatic carbocycles. The Labute approximate surface area is 173 Å². The first-order valence-corrected chi connectivity index (χ1v) is 14.7. The summed E-state index contributed by atoms with van der Waals surface area (Å²) in [5.41, 5.74) is 0. The van der Waals surface area contributed by atoms with Gasteiger partial charge in [0.1, 0.15) is 0 Å². The summed E-state index contributed by atoms with van der Waals surface area (Å²) < 4.78 is 39.0. The molecule has 1 heterocycles. The van der Waals surface area contributed by atoms with Crippen LogP contribution in [-0.2, 0) is 17.1 Å². The van der Waals surface area contributed by atoms with E-state index in [1.807, 2.05) is 32.1 Å². The minimum atomic E-state index is -6.00. The Hall–Kier alpha value is 1.59. The zero-order valence-corrected chi connectivity index (χ0v) is 19.8. The van der Waals surface area contributed by atoms with Crippen LogP contribution < -0.4 is 0 Å². The van der Waals surface area contributed by atoms with Crippen LogP contribution in [-0.4, -0.2) is 62.7 Å². The van der Waals surface area contributed by atoms with Crippen LogP contribution in [0.3, 0.4) is 0 Å². The molecule has 1 saturated heterocycles. The smallest absolute Gasteiger partial charge is 0.418 e. The summed E-state index contributed by atoms with van der Waals surface area (Å²) in [5.74, 6) is 0. The van der Waals surface area contributed by atoms with Gasteiger partial charge in [-0.2, -0.15) is 0 Å². The molecule has 0 nitrogen and oxygen atoms in total. The molecule has 9 heteroatoms. The van der Waals surface area contributed by atoms with Crippen molar-refractivity contribution in [2.24, 2.45) is 0 Å². The maximum atomic E-state index is 9.75. The molecule has 0 unspecified atom stereocenters. The van der Waals surface area contributed by atoms with Crippen LogP contribution in [0.4, 0.5) is 17.3 Å². The average molecular weight is 472 g/mol. The van der Waals surface area contributed by atoms with Crippen molar-refractivity contribution < 1.29 is 34.3 Å². The molecule has 0 bridgehead atoms. The topological polar surface area (TPSA) is 0 Å². The molecule has 0 spiro atoms. The Balaban J connectivity index is 0. The monoisotopic (exact) mass is 472 g/mol. The normalized spacial score (nSPS) is 26.7. The second kappa shape index (κ2) is 18.6. The third kappa shape index (κ3) is 20.3. The maximum Gasteiger partial charge on any atom is 2.00 e. The molecule has 2 fully saturated rings. The second-order valence-corrected chi connectivity index (χ2v) is 14.4. The van der Waals surface area contributed by atoms with Crippen molar-refractivity contribution in [3.05, 3.63) is 32.1 Å². The molecule has 26 heavy (non-hydrogen) atoms. The molecule has 0 aromatic rings. The second-order valence-electron chi connectivity index (χ2n) is 5.76. The van der Waals surface area contributed by atoms with Gasteiger partial charge < -0.3 is 17.3 Å². The first-order valence-electron chi connectivity index (χ1n) is 9.01. The van der Waals surface area contributed by atoms with E-state index >= 15 is 0 Å². The first-order chi connectivity index (χ1) is 11.8. The molecule has 0 N–H and O–H groups in total. The van der Waals surface area contributed by atoms with Crippen molar-refractivity contribution >= 4 is 31.0 Å². The molecule has 5 radical (unpaired) electrons. The predicted molar refractivity (Wildman–Crippen MR) is 113 cm³/mol. The van der Waals surface area contributed by atoms with Gasteiger partial charge in [0.05, 0.1) is 0 Å². The van der Waals surface area contributed by atoms with Crippen LogP contribution in [0.15, 0.2) is 0 Å². The maximum absolute atomic E-state index is 9.75. The quantitative estimate of drug-likeness (QED) is 0.240. The van der Waals surface area contributed by atoms with Gasteiger partial charge in [-0.15, -0.1) is 23.8 Å². The van der Waals surface area contributed by atoms with E-state index in [0.717, 1.165) is 0 Å². The summed E-state index contributed by atoms with van der Waals surface area (Å²) in [4.78, 5) is 0. The van der Waals surface area contributed by atoms with E-state index in [2.05, 4.69) is 20.8 Å². The molecule has 153 valence electrons. The fourth-order valence-corrected chi connectivity index (χ4v) is 11.8. The number of hydrogen-bond acceptors (Lipinski definition) is 0. The Morgan fingerprint density at radius 3 is 0.846 bits per heavy atom. The zero-order valence-electron chi connectivity index (χ0n) is 16.0. The van der Waals surface area contributed by atoms with Crippen LogP contribution in [0.25, 0.3) is 0 Å². The molecule has 2 aliphatic rings. The Kier molecular flexibility index (Phi) is 21.3. The molecule has 0 amide bonds. The average Bonchev–Trinajstić information content (AvgIpc) is 3.14. The van der Waals surface area contributed by atoms with Gasteiger partial charge in [-0.25, -0.2) is 0 Å². The summed E-state index contributed by atoms with van der Waals surface area (Å²) in [7, 11) is -4.69. The number of hydrogen-bond donors (Lipinski definition) is 0. The summed E-state index contributed by atoms with van der Waals surface area (Å²) in [6.07, 6.45) is 24.1. The summed E-state index contributed by atoms with van der Waals surface area (Å²) in [5, 5.41) is 0. The molecule has 2 rings (SSSR count). The SMILES string of the molecule is CCP1CCP(CC)CCP(CC)CC1.F[B-](F)(F)F.[CH]1[CH][CH][CH][CH]1.[Fe+2]. The summed E-state index contributed by atoms with van der Waals surface area (Å²) >= 11 is 0. The van der Waals surface area contributed by atoms with Gasteiger partial charge >= 0.3 is 24.3 Å². The molecule has 0 aromatic carbocycles. The van der Waals surface area contributed by atoms with Gasteiger partial charge in [0.2, 0.25) is 0 Å². The van der Waals surface area contributed by atoms with Crippen molar-refractivity contribution in [1.29, 1.82) is 0 Å². The van der Waals surface area contributed by atoms with Crippen molar-refractivity contribution in [3.63, 3.8) is 0 Å². The molecular weight excluding hydrogens is 440 g/mol. The van der Waals surface area contributed by atoms with Gasteiger partial charge in [-0.05, 0) is 87.6 Å². The van der Waals surface area contributed by atoms with Crippen LogP contribution in [0.5, 0.6) is 0 Å². The van der Waals surface area contributed by atoms with E-state index in [-0.39, 0.29) is 17.1 Å². The minimum Gasteiger partial charge on any atom is -0.418 e. The van der Waals surface area contributed by atoms with E-state index in [9.17, 15) is 17.3 Å². The van der Waals surface area contributed by atoms with E-state index in [0.29, 0.717) is 23.8 Å². The molecule has 0 atom stereocenters. The Bertz CT molecular complexity index is 254. The Morgan fingerprint density at radius 2 is 0.731 bits per heavy atom. The van der Waals surface area contributed by atoms with Crippen LogP contribution in [0, 0.1) is 32.1 Å². The number of rotatable bonds is 3. The van der Waals surface area contributed by atoms with Gasteiger partial charge in [-0.1, -0.05) is 20.8 Å². The van der Waals surface area contributed by atoms with Crippen LogP contribution >= 0.6 is 23.8 Å². The van der Waals surface area contributed by atoms with Gasteiger partial charge in [0, 0.05) is 0 Å². The first kappa shape index (κ1) is 29.8. The van der Waals surface area contributed by atoms with E-state index in [1.54, 1.807) is 37.0 Å². The standard InChI is InChI=1S/C12H27P3.C5H5.BF4.Fe/c1-4-13-7-9-14(5-2)11-12-15(6-3)10-8-13;1-2-4-5-3-1;2-1(3,4)5;/h4-12H2,1-3H3;1-5H;;/q;;-1;+2. The fraction of sp³-hybridized carbons (Fsp3) is 0.706. The van der Waals surface area contributed by atoms with Gasteiger partial charge in [-0.3, -0.25) is 0 Å². The van der Waals surface area contributed by atoms with Crippen LogP contribution in [0.2, 0.25) is 0 Å².